The number of sulfonamides is 1. The molecule has 1 aromatic heterocycles. The van der Waals surface area contributed by atoms with Crippen molar-refractivity contribution in [2.24, 2.45) is 0 Å². The first-order chi connectivity index (χ1) is 11.8. The van der Waals surface area contributed by atoms with E-state index in [-0.39, 0.29) is 17.6 Å². The third-order valence-electron chi connectivity index (χ3n) is 2.89. The molecule has 5 nitrogen and oxygen atoms in total. The Morgan fingerprint density at radius 3 is 2.95 bits per heavy atom. The van der Waals surface area contributed by atoms with Crippen LogP contribution in [0.1, 0.15) is 19.4 Å². The summed E-state index contributed by atoms with van der Waals surface area (Å²) < 4.78 is 71.4. The Hall–Kier alpha value is -1.37. The molecule has 6 heteroatoms. The minimum atomic E-state index is -4.30. The second-order valence-electron chi connectivity index (χ2n) is 4.83. The number of H-pyrrole nitrogens is 1. The number of hydrogen-bond acceptors (Lipinski definition) is 3. The third kappa shape index (κ3) is 3.59. The lowest BCUT2D eigenvalue weighted by molar-refractivity contribution is 0.414. The normalized spacial score (nSPS) is 17.4. The average molecular weight is 301 g/mol. The zero-order valence-corrected chi connectivity index (χ0v) is 12.2. The maximum Gasteiger partial charge on any atom is 0.215 e. The quantitative estimate of drug-likeness (QED) is 0.846. The topological polar surface area (TPSA) is 65.2 Å². The van der Waals surface area contributed by atoms with Crippen LogP contribution in [0.15, 0.2) is 24.3 Å². The molecular formula is C14H21N3O2S. The number of likely N-dealkylation sites (N-methyl/N-ethyl adjacent to an activating group) is 1. The first-order valence-electron chi connectivity index (χ1n) is 9.07. The zero-order valence-electron chi connectivity index (χ0n) is 17.4. The predicted octanol–water partition coefficient (Wildman–Crippen LogP) is 1.32. The molecule has 1 aromatic carbocycles. The number of nitrogens with one attached hydrogen (secondary N) is 2. The number of aromatic nitrogens is 1. The van der Waals surface area contributed by atoms with Gasteiger partial charge in [-0.15, -0.1) is 0 Å². The molecule has 0 unspecified atom stereocenters. The van der Waals surface area contributed by atoms with Gasteiger partial charge in [0.05, 0.1) is 9.87 Å². The fraction of sp³-hybridized carbons (Fsp3) is 0.429. The largest absolute Gasteiger partial charge is 0.361 e. The van der Waals surface area contributed by atoms with Crippen molar-refractivity contribution in [2.45, 2.75) is 12.2 Å². The van der Waals surface area contributed by atoms with Crippen molar-refractivity contribution in [2.75, 3.05) is 27.6 Å². The maximum atomic E-state index is 12.1. The fourth-order valence-electron chi connectivity index (χ4n) is 1.87. The van der Waals surface area contributed by atoms with E-state index in [0.29, 0.717) is 23.9 Å². The van der Waals surface area contributed by atoms with E-state index in [1.54, 1.807) is 10.9 Å². The summed E-state index contributed by atoms with van der Waals surface area (Å²) in [6.45, 7) is -2.21. The molecule has 2 N–H and O–H groups in total. The summed E-state index contributed by atoms with van der Waals surface area (Å²) in [4.78, 5) is 4.84. The van der Waals surface area contributed by atoms with Gasteiger partial charge in [0.25, 0.3) is 0 Å². The highest BCUT2D eigenvalue weighted by molar-refractivity contribution is 7.88. The van der Waals surface area contributed by atoms with Crippen LogP contribution < -0.4 is 4.72 Å². The van der Waals surface area contributed by atoms with Gasteiger partial charge >= 0.3 is 0 Å². The van der Waals surface area contributed by atoms with Crippen molar-refractivity contribution in [1.29, 1.82) is 0 Å². The van der Waals surface area contributed by atoms with E-state index >= 15 is 0 Å². The van der Waals surface area contributed by atoms with Crippen molar-refractivity contribution < 1.29 is 16.6 Å². The van der Waals surface area contributed by atoms with E-state index in [1.807, 2.05) is 19.0 Å². The van der Waals surface area contributed by atoms with Gasteiger partial charge in [0, 0.05) is 27.8 Å². The van der Waals surface area contributed by atoms with Crippen LogP contribution in [0.4, 0.5) is 0 Å². The van der Waals surface area contributed by atoms with Crippen LogP contribution in [0.2, 0.25) is 0 Å². The van der Waals surface area contributed by atoms with Gasteiger partial charge < -0.3 is 9.88 Å². The third-order valence-corrected chi connectivity index (χ3v) is 3.87. The number of fused-ring (bicyclic) bond motifs is 1. The smallest absolute Gasteiger partial charge is 0.215 e. The molecule has 0 spiro atoms. The number of hydrogen-bond donors (Lipinski definition) is 2. The van der Waals surface area contributed by atoms with Crippen LogP contribution in [0, 0.1) is 0 Å². The van der Waals surface area contributed by atoms with Crippen LogP contribution in [0.3, 0.4) is 0 Å². The van der Waals surface area contributed by atoms with Crippen LogP contribution >= 0.6 is 0 Å². The molecule has 2 aromatic rings. The number of aromatic amines is 1. The highest BCUT2D eigenvalue weighted by Gasteiger charge is 2.11. The van der Waals surface area contributed by atoms with E-state index in [0.717, 1.165) is 5.56 Å². The molecule has 0 saturated heterocycles. The van der Waals surface area contributed by atoms with Crippen molar-refractivity contribution in [1.82, 2.24) is 14.6 Å². The van der Waals surface area contributed by atoms with Gasteiger partial charge in [0.1, 0.15) is 0 Å². The second-order valence-corrected chi connectivity index (χ2v) is 6.55. The summed E-state index contributed by atoms with van der Waals surface area (Å²) in [5, 5.41) is 0.395. The Morgan fingerprint density at radius 2 is 2.25 bits per heavy atom. The molecule has 0 aliphatic rings. The maximum absolute atomic E-state index is 12.1. The minimum Gasteiger partial charge on any atom is -0.361 e. The standard InChI is InChI=1S/C14H21N3O2S/c1-15-20(18,19)10-11-4-5-14-13(8-11)12(9-16-14)6-7-17(2)3/h4-5,8-9,15-16H,6-7,10H2,1-3H3/i1D3,4D,5D,8D. The Labute approximate surface area is 128 Å². The minimum absolute atomic E-state index is 0.174. The molecule has 0 fully saturated rings. The van der Waals surface area contributed by atoms with Crippen molar-refractivity contribution in [3.8, 4) is 0 Å². The van der Waals surface area contributed by atoms with Crippen LogP contribution in [0.5, 0.6) is 0 Å². The predicted molar refractivity (Wildman–Crippen MR) is 82.2 cm³/mol. The average Bonchev–Trinajstić information content (AvgIpc) is 2.89. The van der Waals surface area contributed by atoms with Crippen molar-refractivity contribution in [3.05, 3.63) is 35.5 Å². The molecular weight excluding hydrogens is 274 g/mol. The van der Waals surface area contributed by atoms with Gasteiger partial charge in [-0.05, 0) is 50.7 Å². The summed E-state index contributed by atoms with van der Waals surface area (Å²) in [5.74, 6) is -0.844. The van der Waals surface area contributed by atoms with Crippen LogP contribution in [-0.4, -0.2) is 45.9 Å². The first-order valence-corrected chi connectivity index (χ1v) is 7.72. The molecule has 1 heterocycles. The van der Waals surface area contributed by atoms with Crippen LogP contribution in [-0.2, 0) is 22.2 Å². The number of benzene rings is 1. The molecule has 0 aliphatic carbocycles. The molecule has 0 atom stereocenters. The summed E-state index contributed by atoms with van der Waals surface area (Å²) >= 11 is 0. The lowest BCUT2D eigenvalue weighted by atomic mass is 10.1. The van der Waals surface area contributed by atoms with E-state index in [1.165, 1.54) is 0 Å². The second kappa shape index (κ2) is 5.95. The Kier molecular flexibility index (Phi) is 2.62. The fourth-order valence-corrected chi connectivity index (χ4v) is 2.46. The lowest BCUT2D eigenvalue weighted by Gasteiger charge is -2.08. The van der Waals surface area contributed by atoms with E-state index in [4.69, 9.17) is 8.22 Å². The van der Waals surface area contributed by atoms with Crippen molar-refractivity contribution >= 4 is 20.9 Å². The highest BCUT2D eigenvalue weighted by atomic mass is 32.2. The van der Waals surface area contributed by atoms with Gasteiger partial charge in [0.2, 0.25) is 10.0 Å². The van der Waals surface area contributed by atoms with E-state index < -0.39 is 28.8 Å². The first kappa shape index (κ1) is 8.81. The van der Waals surface area contributed by atoms with Crippen LogP contribution in [0.25, 0.3) is 10.9 Å². The summed E-state index contributed by atoms with van der Waals surface area (Å²) in [7, 11) is -0.507. The summed E-state index contributed by atoms with van der Waals surface area (Å²) in [5.41, 5.74) is 0.860. The zero-order chi connectivity index (χ0) is 19.9. The number of nitrogens with zero attached hydrogens (tertiary/aromatic N) is 1. The van der Waals surface area contributed by atoms with Gasteiger partial charge in [0.15, 0.2) is 0 Å². The van der Waals surface area contributed by atoms with Gasteiger partial charge in [-0.2, -0.15) is 0 Å². The SMILES string of the molecule is [2H]c1c(CS(=O)(=O)NC([2H])([2H])[2H])c([2H])c2c(CCN(C)C)c[nH]c2c1[2H]. The van der Waals surface area contributed by atoms with Gasteiger partial charge in [-0.1, -0.05) is 6.04 Å². The Bertz CT molecular complexity index is 921. The van der Waals surface area contributed by atoms with Gasteiger partial charge in [-0.25, -0.2) is 13.1 Å². The number of rotatable bonds is 6. The molecule has 0 bridgehead atoms. The molecule has 0 amide bonds. The molecule has 0 radical (unpaired) electrons. The van der Waals surface area contributed by atoms with Gasteiger partial charge in [-0.3, -0.25) is 0 Å². The monoisotopic (exact) mass is 301 g/mol. The molecule has 110 valence electrons. The molecule has 0 saturated carbocycles. The van der Waals surface area contributed by atoms with Crippen molar-refractivity contribution in [3.63, 3.8) is 0 Å². The molecule has 0 aliphatic heterocycles. The summed E-state index contributed by atoms with van der Waals surface area (Å²) in [6.07, 6.45) is 2.23. The summed E-state index contributed by atoms with van der Waals surface area (Å²) in [6, 6.07) is -0.794. The molecule has 20 heavy (non-hydrogen) atoms. The molecule has 2 rings (SSSR count). The lowest BCUT2D eigenvalue weighted by Crippen LogP contribution is -2.20. The highest BCUT2D eigenvalue weighted by Crippen LogP contribution is 2.21. The Morgan fingerprint density at radius 1 is 1.45 bits per heavy atom. The Balaban J connectivity index is 2.55. The van der Waals surface area contributed by atoms with E-state index in [2.05, 4.69) is 4.98 Å². The van der Waals surface area contributed by atoms with E-state index in [9.17, 15) is 8.42 Å².